The Morgan fingerprint density at radius 2 is 2.38 bits per heavy atom. The molecular formula is C11H20N4S. The Kier molecular flexibility index (Phi) is 4.66. The fourth-order valence-corrected chi connectivity index (χ4v) is 3.30. The quantitative estimate of drug-likeness (QED) is 0.821. The lowest BCUT2D eigenvalue weighted by atomic mass is 9.95. The maximum Gasteiger partial charge on any atom is 0.137 e. The SMILES string of the molecule is CSC1CCCCC1NCCc1ncn[nH]1. The van der Waals surface area contributed by atoms with Crippen molar-refractivity contribution in [1.82, 2.24) is 20.5 Å². The van der Waals surface area contributed by atoms with Crippen LogP contribution in [0.5, 0.6) is 0 Å². The predicted molar refractivity (Wildman–Crippen MR) is 67.6 cm³/mol. The molecule has 2 atom stereocenters. The van der Waals surface area contributed by atoms with E-state index < -0.39 is 0 Å². The first kappa shape index (κ1) is 11.9. The van der Waals surface area contributed by atoms with Crippen molar-refractivity contribution in [2.75, 3.05) is 12.8 Å². The van der Waals surface area contributed by atoms with E-state index in [0.29, 0.717) is 6.04 Å². The molecule has 2 unspecified atom stereocenters. The van der Waals surface area contributed by atoms with E-state index in [9.17, 15) is 0 Å². The standard InChI is InChI=1S/C11H20N4S/c1-16-10-5-3-2-4-9(10)12-7-6-11-13-8-14-15-11/h8-10,12H,2-7H2,1H3,(H,13,14,15). The van der Waals surface area contributed by atoms with Gasteiger partial charge in [-0.3, -0.25) is 5.10 Å². The summed E-state index contributed by atoms with van der Waals surface area (Å²) in [4.78, 5) is 4.13. The zero-order valence-electron chi connectivity index (χ0n) is 9.78. The first-order valence-electron chi connectivity index (χ1n) is 6.00. The van der Waals surface area contributed by atoms with Crippen LogP contribution in [-0.4, -0.2) is 39.3 Å². The molecule has 90 valence electrons. The minimum atomic E-state index is 0.687. The summed E-state index contributed by atoms with van der Waals surface area (Å²) in [5.74, 6) is 0.976. The first-order valence-corrected chi connectivity index (χ1v) is 7.29. The number of hydrogen-bond donors (Lipinski definition) is 2. The zero-order valence-corrected chi connectivity index (χ0v) is 10.6. The Morgan fingerprint density at radius 3 is 3.12 bits per heavy atom. The average Bonchev–Trinajstić information content (AvgIpc) is 2.83. The van der Waals surface area contributed by atoms with Gasteiger partial charge in [0, 0.05) is 24.3 Å². The van der Waals surface area contributed by atoms with Crippen LogP contribution in [0.25, 0.3) is 0 Å². The summed E-state index contributed by atoms with van der Waals surface area (Å²) in [6.45, 7) is 0.997. The molecule has 1 aromatic heterocycles. The van der Waals surface area contributed by atoms with Gasteiger partial charge in [0.15, 0.2) is 0 Å². The Balaban J connectivity index is 1.71. The van der Waals surface area contributed by atoms with Crippen molar-refractivity contribution in [3.05, 3.63) is 12.2 Å². The predicted octanol–water partition coefficient (Wildman–Crippen LogP) is 1.61. The minimum absolute atomic E-state index is 0.687. The number of rotatable bonds is 5. The molecule has 0 bridgehead atoms. The van der Waals surface area contributed by atoms with Crippen molar-refractivity contribution in [3.63, 3.8) is 0 Å². The van der Waals surface area contributed by atoms with Gasteiger partial charge in [-0.1, -0.05) is 12.8 Å². The number of thioether (sulfide) groups is 1. The van der Waals surface area contributed by atoms with Gasteiger partial charge in [0.1, 0.15) is 12.2 Å². The van der Waals surface area contributed by atoms with E-state index >= 15 is 0 Å². The number of hydrogen-bond acceptors (Lipinski definition) is 4. The summed E-state index contributed by atoms with van der Waals surface area (Å²) in [7, 11) is 0. The van der Waals surface area contributed by atoms with Crippen molar-refractivity contribution >= 4 is 11.8 Å². The summed E-state index contributed by atoms with van der Waals surface area (Å²) in [5, 5.41) is 11.2. The van der Waals surface area contributed by atoms with Gasteiger partial charge < -0.3 is 5.32 Å². The van der Waals surface area contributed by atoms with Crippen LogP contribution in [0.3, 0.4) is 0 Å². The van der Waals surface area contributed by atoms with Crippen molar-refractivity contribution in [3.8, 4) is 0 Å². The number of nitrogens with one attached hydrogen (secondary N) is 2. The molecule has 1 fully saturated rings. The molecule has 1 heterocycles. The van der Waals surface area contributed by atoms with E-state index in [0.717, 1.165) is 24.0 Å². The third-order valence-electron chi connectivity index (χ3n) is 3.24. The van der Waals surface area contributed by atoms with Crippen molar-refractivity contribution < 1.29 is 0 Å². The highest BCUT2D eigenvalue weighted by Gasteiger charge is 2.23. The van der Waals surface area contributed by atoms with Gasteiger partial charge in [-0.25, -0.2) is 4.98 Å². The normalized spacial score (nSPS) is 25.8. The van der Waals surface area contributed by atoms with Crippen LogP contribution in [0, 0.1) is 0 Å². The van der Waals surface area contributed by atoms with Gasteiger partial charge in [-0.15, -0.1) is 0 Å². The van der Waals surface area contributed by atoms with E-state index in [2.05, 4.69) is 26.8 Å². The second-order valence-corrected chi connectivity index (χ2v) is 5.38. The third kappa shape index (κ3) is 3.22. The molecule has 5 heteroatoms. The summed E-state index contributed by atoms with van der Waals surface area (Å²) < 4.78 is 0. The van der Waals surface area contributed by atoms with Gasteiger partial charge in [0.05, 0.1) is 0 Å². The summed E-state index contributed by atoms with van der Waals surface area (Å²) in [6, 6.07) is 0.687. The molecule has 0 amide bonds. The van der Waals surface area contributed by atoms with Crippen LogP contribution in [-0.2, 0) is 6.42 Å². The van der Waals surface area contributed by atoms with Gasteiger partial charge in [0.2, 0.25) is 0 Å². The Hall–Kier alpha value is -0.550. The molecule has 2 N–H and O–H groups in total. The van der Waals surface area contributed by atoms with E-state index in [1.165, 1.54) is 25.7 Å². The highest BCUT2D eigenvalue weighted by atomic mass is 32.2. The molecule has 0 aromatic carbocycles. The van der Waals surface area contributed by atoms with Crippen LogP contribution in [0.15, 0.2) is 6.33 Å². The van der Waals surface area contributed by atoms with Crippen LogP contribution < -0.4 is 5.32 Å². The average molecular weight is 240 g/mol. The minimum Gasteiger partial charge on any atom is -0.312 e. The Labute approximate surface area is 101 Å². The molecule has 2 rings (SSSR count). The molecule has 1 aliphatic carbocycles. The van der Waals surface area contributed by atoms with Crippen LogP contribution in [0.4, 0.5) is 0 Å². The van der Waals surface area contributed by atoms with Gasteiger partial charge >= 0.3 is 0 Å². The number of aromatic nitrogens is 3. The second kappa shape index (κ2) is 6.25. The zero-order chi connectivity index (χ0) is 11.2. The maximum absolute atomic E-state index is 4.13. The number of H-pyrrole nitrogens is 1. The molecule has 1 aliphatic rings. The van der Waals surface area contributed by atoms with Gasteiger partial charge in [-0.2, -0.15) is 16.9 Å². The van der Waals surface area contributed by atoms with Gasteiger partial charge in [-0.05, 0) is 19.1 Å². The van der Waals surface area contributed by atoms with E-state index in [4.69, 9.17) is 0 Å². The van der Waals surface area contributed by atoms with Gasteiger partial charge in [0.25, 0.3) is 0 Å². The number of nitrogens with zero attached hydrogens (tertiary/aromatic N) is 2. The van der Waals surface area contributed by atoms with Crippen molar-refractivity contribution in [1.29, 1.82) is 0 Å². The van der Waals surface area contributed by atoms with Crippen LogP contribution in [0.1, 0.15) is 31.5 Å². The smallest absolute Gasteiger partial charge is 0.137 e. The summed E-state index contributed by atoms with van der Waals surface area (Å²) >= 11 is 2.00. The Morgan fingerprint density at radius 1 is 1.50 bits per heavy atom. The van der Waals surface area contributed by atoms with Crippen LogP contribution >= 0.6 is 11.8 Å². The first-order chi connectivity index (χ1) is 7.90. The molecule has 1 aromatic rings. The highest BCUT2D eigenvalue weighted by Crippen LogP contribution is 2.26. The summed E-state index contributed by atoms with van der Waals surface area (Å²) in [6.07, 6.45) is 10.2. The monoisotopic (exact) mass is 240 g/mol. The molecular weight excluding hydrogens is 220 g/mol. The molecule has 0 radical (unpaired) electrons. The largest absolute Gasteiger partial charge is 0.312 e. The lowest BCUT2D eigenvalue weighted by Crippen LogP contribution is -2.41. The topological polar surface area (TPSA) is 53.6 Å². The molecule has 0 aliphatic heterocycles. The lowest BCUT2D eigenvalue weighted by Gasteiger charge is -2.31. The third-order valence-corrected chi connectivity index (χ3v) is 4.41. The number of aromatic amines is 1. The fraction of sp³-hybridized carbons (Fsp3) is 0.818. The van der Waals surface area contributed by atoms with E-state index in [-0.39, 0.29) is 0 Å². The van der Waals surface area contributed by atoms with E-state index in [1.54, 1.807) is 6.33 Å². The molecule has 1 saturated carbocycles. The highest BCUT2D eigenvalue weighted by molar-refractivity contribution is 7.99. The Bertz CT molecular complexity index is 288. The van der Waals surface area contributed by atoms with Crippen LogP contribution in [0.2, 0.25) is 0 Å². The lowest BCUT2D eigenvalue weighted by molar-refractivity contribution is 0.385. The molecule has 0 saturated heterocycles. The van der Waals surface area contributed by atoms with Crippen molar-refractivity contribution in [2.45, 2.75) is 43.4 Å². The van der Waals surface area contributed by atoms with Crippen molar-refractivity contribution in [2.24, 2.45) is 0 Å². The van der Waals surface area contributed by atoms with E-state index in [1.807, 2.05) is 11.8 Å². The molecule has 16 heavy (non-hydrogen) atoms. The maximum atomic E-state index is 4.13. The molecule has 4 nitrogen and oxygen atoms in total. The fourth-order valence-electron chi connectivity index (χ4n) is 2.34. The summed E-state index contributed by atoms with van der Waals surface area (Å²) in [5.41, 5.74) is 0. The second-order valence-electron chi connectivity index (χ2n) is 4.30. The molecule has 0 spiro atoms.